The lowest BCUT2D eigenvalue weighted by Crippen LogP contribution is -2.25. The minimum atomic E-state index is -0.363. The van der Waals surface area contributed by atoms with Crippen molar-refractivity contribution in [2.45, 2.75) is 5.41 Å². The van der Waals surface area contributed by atoms with Gasteiger partial charge in [-0.15, -0.1) is 0 Å². The summed E-state index contributed by atoms with van der Waals surface area (Å²) in [6, 6.07) is 108. The molecular formula is C78H48N2. The van der Waals surface area contributed by atoms with E-state index in [0.29, 0.717) is 0 Å². The Hall–Kier alpha value is -10.4. The van der Waals surface area contributed by atoms with E-state index in [4.69, 9.17) is 4.98 Å². The van der Waals surface area contributed by atoms with Crippen LogP contribution in [0.4, 0.5) is 0 Å². The highest BCUT2D eigenvalue weighted by atomic mass is 15.1. The van der Waals surface area contributed by atoms with Crippen molar-refractivity contribution in [3.63, 3.8) is 0 Å². The molecule has 2 aliphatic carbocycles. The zero-order valence-corrected chi connectivity index (χ0v) is 43.6. The molecule has 80 heavy (non-hydrogen) atoms. The van der Waals surface area contributed by atoms with Crippen molar-refractivity contribution in [1.29, 1.82) is 0 Å². The molecule has 2 heteroatoms. The number of fused-ring (bicyclic) bond motifs is 15. The van der Waals surface area contributed by atoms with Crippen LogP contribution in [0.25, 0.3) is 138 Å². The second-order valence-corrected chi connectivity index (χ2v) is 21.7. The summed E-state index contributed by atoms with van der Waals surface area (Å²) in [5, 5.41) is 9.80. The highest BCUT2D eigenvalue weighted by Gasteiger charge is 2.51. The first-order valence-electron chi connectivity index (χ1n) is 27.8. The van der Waals surface area contributed by atoms with Crippen molar-refractivity contribution in [3.05, 3.63) is 313 Å². The molecule has 17 rings (SSSR count). The van der Waals surface area contributed by atoms with Crippen LogP contribution in [0.15, 0.2) is 291 Å². The van der Waals surface area contributed by atoms with E-state index in [-0.39, 0.29) is 5.41 Å². The first-order valence-corrected chi connectivity index (χ1v) is 27.8. The third kappa shape index (κ3) is 6.51. The number of nitrogens with zero attached hydrogens (tertiary/aromatic N) is 2. The Bertz CT molecular complexity index is 4960. The van der Waals surface area contributed by atoms with Gasteiger partial charge in [-0.05, 0) is 193 Å². The summed E-state index contributed by atoms with van der Waals surface area (Å²) in [6.45, 7) is 0. The minimum Gasteiger partial charge on any atom is -0.292 e. The van der Waals surface area contributed by atoms with Crippen LogP contribution in [0.2, 0.25) is 0 Å². The summed E-state index contributed by atoms with van der Waals surface area (Å²) in [5.74, 6) is 0.924. The summed E-state index contributed by atoms with van der Waals surface area (Å²) >= 11 is 0. The summed E-state index contributed by atoms with van der Waals surface area (Å²) in [7, 11) is 0. The van der Waals surface area contributed by atoms with Crippen LogP contribution in [-0.4, -0.2) is 9.55 Å². The zero-order chi connectivity index (χ0) is 52.5. The molecule has 0 fully saturated rings. The molecule has 0 bridgehead atoms. The van der Waals surface area contributed by atoms with Gasteiger partial charge >= 0.3 is 0 Å². The number of hydrogen-bond donors (Lipinski definition) is 0. The molecular weight excluding hydrogens is 965 g/mol. The maximum absolute atomic E-state index is 5.24. The van der Waals surface area contributed by atoms with Crippen molar-refractivity contribution in [3.8, 4) is 83.8 Å². The molecule has 1 spiro atoms. The summed E-state index contributed by atoms with van der Waals surface area (Å²) in [4.78, 5) is 5.24. The van der Waals surface area contributed by atoms with Gasteiger partial charge in [-0.1, -0.05) is 231 Å². The molecule has 0 saturated carbocycles. The van der Waals surface area contributed by atoms with Crippen LogP contribution in [0.1, 0.15) is 22.3 Å². The van der Waals surface area contributed by atoms with E-state index in [1.165, 1.54) is 127 Å². The lowest BCUT2D eigenvalue weighted by molar-refractivity contribution is 0.794. The van der Waals surface area contributed by atoms with E-state index < -0.39 is 0 Å². The van der Waals surface area contributed by atoms with Crippen molar-refractivity contribution in [2.75, 3.05) is 0 Å². The van der Waals surface area contributed by atoms with E-state index in [2.05, 4.69) is 296 Å². The number of rotatable bonds is 6. The Balaban J connectivity index is 0.716. The highest BCUT2D eigenvalue weighted by molar-refractivity contribution is 6.22. The summed E-state index contributed by atoms with van der Waals surface area (Å²) < 4.78 is 2.28. The van der Waals surface area contributed by atoms with Crippen molar-refractivity contribution in [1.82, 2.24) is 9.55 Å². The second-order valence-electron chi connectivity index (χ2n) is 21.7. The zero-order valence-electron chi connectivity index (χ0n) is 43.6. The van der Waals surface area contributed by atoms with Gasteiger partial charge in [-0.2, -0.15) is 0 Å². The molecule has 370 valence electrons. The predicted octanol–water partition coefficient (Wildman–Crippen LogP) is 20.3. The Morgan fingerprint density at radius 1 is 0.263 bits per heavy atom. The monoisotopic (exact) mass is 1010 g/mol. The molecule has 14 aromatic carbocycles. The number of para-hydroxylation sites is 3. The Morgan fingerprint density at radius 2 is 0.662 bits per heavy atom. The van der Waals surface area contributed by atoms with Crippen LogP contribution in [0, 0.1) is 0 Å². The molecule has 0 N–H and O–H groups in total. The normalized spacial score (nSPS) is 12.8. The van der Waals surface area contributed by atoms with E-state index >= 15 is 0 Å². The lowest BCUT2D eigenvalue weighted by Gasteiger charge is -2.30. The fourth-order valence-corrected chi connectivity index (χ4v) is 14.1. The highest BCUT2D eigenvalue weighted by Crippen LogP contribution is 2.63. The molecule has 1 heterocycles. The molecule has 0 amide bonds. The van der Waals surface area contributed by atoms with E-state index in [0.717, 1.165) is 33.7 Å². The maximum Gasteiger partial charge on any atom is 0.145 e. The molecule has 1 aromatic heterocycles. The van der Waals surface area contributed by atoms with Gasteiger partial charge in [-0.25, -0.2) is 4.98 Å². The number of aromatic nitrogens is 2. The van der Waals surface area contributed by atoms with Crippen molar-refractivity contribution in [2.24, 2.45) is 0 Å². The maximum atomic E-state index is 5.24. The molecule has 2 nitrogen and oxygen atoms in total. The standard InChI is InChI=1S/C78H48N2/c1-2-19-60(20-3-1)80-74-32-15-14-31-73(74)79-77(80)59-18-16-17-57(47-59)75-65-24-4-6-26-67(65)76(68-27-7-5-25-66(68)75)58-40-39-53-44-51(36-38-55(53)46-58)49-33-34-52-45-54(37-35-50(52)43-49)56-41-42-64-63-23-10-13-30-71(63)78(72(64)48-56)69-28-11-8-21-61(69)62-22-9-12-29-70(62)78/h1-48H. The molecule has 0 aliphatic heterocycles. The molecule has 2 aliphatic rings. The third-order valence-corrected chi connectivity index (χ3v) is 17.5. The van der Waals surface area contributed by atoms with Gasteiger partial charge in [0.1, 0.15) is 5.82 Å². The van der Waals surface area contributed by atoms with Crippen LogP contribution < -0.4 is 0 Å². The lowest BCUT2D eigenvalue weighted by atomic mass is 9.70. The van der Waals surface area contributed by atoms with Crippen LogP contribution in [0.5, 0.6) is 0 Å². The Labute approximate surface area is 463 Å². The summed E-state index contributed by atoms with van der Waals surface area (Å²) in [5.41, 5.74) is 24.4. The average molecular weight is 1010 g/mol. The second kappa shape index (κ2) is 17.3. The van der Waals surface area contributed by atoms with E-state index in [9.17, 15) is 0 Å². The summed E-state index contributed by atoms with van der Waals surface area (Å²) in [6.07, 6.45) is 0. The fraction of sp³-hybridized carbons (Fsp3) is 0.0128. The van der Waals surface area contributed by atoms with Gasteiger partial charge in [0.05, 0.1) is 16.4 Å². The minimum absolute atomic E-state index is 0.363. The third-order valence-electron chi connectivity index (χ3n) is 17.5. The quantitative estimate of drug-likeness (QED) is 0.152. The van der Waals surface area contributed by atoms with Gasteiger partial charge in [0, 0.05) is 11.3 Å². The average Bonchev–Trinajstić information content (AvgIpc) is 4.23. The van der Waals surface area contributed by atoms with Crippen LogP contribution >= 0.6 is 0 Å². The predicted molar refractivity (Wildman–Crippen MR) is 335 cm³/mol. The van der Waals surface area contributed by atoms with Crippen LogP contribution in [0.3, 0.4) is 0 Å². The molecule has 0 radical (unpaired) electrons. The first kappa shape index (κ1) is 44.7. The largest absolute Gasteiger partial charge is 0.292 e. The molecule has 0 saturated heterocycles. The first-order chi connectivity index (χ1) is 39.7. The van der Waals surface area contributed by atoms with E-state index in [1.54, 1.807) is 0 Å². The van der Waals surface area contributed by atoms with Gasteiger partial charge in [0.2, 0.25) is 0 Å². The Morgan fingerprint density at radius 3 is 1.21 bits per heavy atom. The van der Waals surface area contributed by atoms with Crippen molar-refractivity contribution >= 4 is 54.1 Å². The van der Waals surface area contributed by atoms with E-state index in [1.807, 2.05) is 0 Å². The molecule has 0 atom stereocenters. The SMILES string of the molecule is c1ccc(-n2c(-c3cccc(-c4c5ccccc5c(-c5ccc6cc(-c7ccc8cc(-c9ccc%10c(c9)C9(c%11ccccc%11-c%11ccccc%119)c9ccccc9-%10)ccc8c7)ccc6c5)c5ccccc45)c3)nc3ccccc32)cc1. The van der Waals surface area contributed by atoms with Crippen LogP contribution in [-0.2, 0) is 5.41 Å². The van der Waals surface area contributed by atoms with Gasteiger partial charge < -0.3 is 0 Å². The van der Waals surface area contributed by atoms with Crippen molar-refractivity contribution < 1.29 is 0 Å². The smallest absolute Gasteiger partial charge is 0.145 e. The number of imidazole rings is 1. The fourth-order valence-electron chi connectivity index (χ4n) is 14.1. The molecule has 0 unspecified atom stereocenters. The number of hydrogen-bond acceptors (Lipinski definition) is 1. The molecule has 15 aromatic rings. The number of benzene rings is 14. The van der Waals surface area contributed by atoms with Gasteiger partial charge in [0.25, 0.3) is 0 Å². The topological polar surface area (TPSA) is 17.8 Å². The van der Waals surface area contributed by atoms with Gasteiger partial charge in [-0.3, -0.25) is 4.57 Å². The Kier molecular flexibility index (Phi) is 9.66. The van der Waals surface area contributed by atoms with Gasteiger partial charge in [0.15, 0.2) is 0 Å².